The Morgan fingerprint density at radius 2 is 1.86 bits per heavy atom. The van der Waals surface area contributed by atoms with Gasteiger partial charge in [0.05, 0.1) is 5.69 Å². The molecule has 2 N–H and O–H groups in total. The number of anilines is 1. The summed E-state index contributed by atoms with van der Waals surface area (Å²) in [7, 11) is -0.455. The molecule has 5 heteroatoms. The lowest BCUT2D eigenvalue weighted by Gasteiger charge is -2.15. The van der Waals surface area contributed by atoms with E-state index in [1.54, 1.807) is 25.1 Å². The number of nitrogen functional groups attached to an aromatic ring is 1. The Bertz CT molecular complexity index is 418. The van der Waals surface area contributed by atoms with Crippen LogP contribution in [0, 0.1) is 6.92 Å². The fourth-order valence-corrected chi connectivity index (χ4v) is 2.42. The summed E-state index contributed by atoms with van der Waals surface area (Å²) in [5.41, 5.74) is 6.60. The number of nitrogens with two attached hydrogens (primary N) is 1. The second kappa shape index (κ2) is 3.59. The fraction of sp³-hybridized carbons (Fsp3) is 0.333. The van der Waals surface area contributed by atoms with Crippen molar-refractivity contribution in [1.29, 1.82) is 0 Å². The molecule has 0 saturated carbocycles. The molecule has 0 heterocycles. The average Bonchev–Trinajstić information content (AvgIpc) is 2.02. The van der Waals surface area contributed by atoms with Gasteiger partial charge in [-0.1, -0.05) is 12.1 Å². The zero-order chi connectivity index (χ0) is 10.9. The predicted molar refractivity (Wildman–Crippen MR) is 56.5 cm³/mol. The third-order valence-corrected chi connectivity index (χ3v) is 4.02. The highest BCUT2D eigenvalue weighted by Gasteiger charge is 2.21. The molecule has 0 unspecified atom stereocenters. The van der Waals surface area contributed by atoms with Crippen LogP contribution < -0.4 is 5.73 Å². The summed E-state index contributed by atoms with van der Waals surface area (Å²) in [6, 6.07) is 5.05. The quantitative estimate of drug-likeness (QED) is 0.742. The number of aryl methyl sites for hydroxylation is 1. The van der Waals surface area contributed by atoms with Crippen molar-refractivity contribution in [3.8, 4) is 0 Å². The number of rotatable bonds is 2. The van der Waals surface area contributed by atoms with E-state index in [2.05, 4.69) is 0 Å². The van der Waals surface area contributed by atoms with Crippen molar-refractivity contribution in [3.05, 3.63) is 23.8 Å². The molecule has 78 valence electrons. The monoisotopic (exact) mass is 214 g/mol. The van der Waals surface area contributed by atoms with E-state index >= 15 is 0 Å². The first kappa shape index (κ1) is 11.0. The standard InChI is InChI=1S/C9H14N2O2S/c1-7-5-4-6-8(10)9(7)14(12,13)11(2)3/h4-6H,10H2,1-3H3. The summed E-state index contributed by atoms with van der Waals surface area (Å²) in [6.07, 6.45) is 0. The first-order chi connectivity index (χ1) is 6.37. The van der Waals surface area contributed by atoms with E-state index in [1.165, 1.54) is 14.1 Å². The highest BCUT2D eigenvalue weighted by molar-refractivity contribution is 7.89. The van der Waals surface area contributed by atoms with Gasteiger partial charge in [0, 0.05) is 14.1 Å². The molecule has 0 atom stereocenters. The van der Waals surface area contributed by atoms with E-state index in [1.807, 2.05) is 0 Å². The smallest absolute Gasteiger partial charge is 0.244 e. The van der Waals surface area contributed by atoms with Gasteiger partial charge in [0.2, 0.25) is 10.0 Å². The number of benzene rings is 1. The third kappa shape index (κ3) is 1.73. The maximum atomic E-state index is 11.8. The minimum atomic E-state index is -3.43. The molecule has 1 aromatic rings. The SMILES string of the molecule is Cc1cccc(N)c1S(=O)(=O)N(C)C. The van der Waals surface area contributed by atoms with Crippen LogP contribution in [0.15, 0.2) is 23.1 Å². The van der Waals surface area contributed by atoms with Gasteiger partial charge < -0.3 is 5.73 Å². The maximum Gasteiger partial charge on any atom is 0.244 e. The lowest BCUT2D eigenvalue weighted by atomic mass is 10.2. The predicted octanol–water partition coefficient (Wildman–Crippen LogP) is 0.828. The van der Waals surface area contributed by atoms with Gasteiger partial charge in [0.1, 0.15) is 4.90 Å². The molecule has 1 aromatic carbocycles. The number of sulfonamides is 1. The minimum Gasteiger partial charge on any atom is -0.398 e. The van der Waals surface area contributed by atoms with Crippen LogP contribution >= 0.6 is 0 Å². The van der Waals surface area contributed by atoms with E-state index in [0.29, 0.717) is 11.3 Å². The summed E-state index contributed by atoms with van der Waals surface area (Å²) in [5.74, 6) is 0. The summed E-state index contributed by atoms with van der Waals surface area (Å²) in [5, 5.41) is 0. The largest absolute Gasteiger partial charge is 0.398 e. The zero-order valence-corrected chi connectivity index (χ0v) is 9.30. The first-order valence-corrected chi connectivity index (χ1v) is 5.59. The van der Waals surface area contributed by atoms with Crippen molar-refractivity contribution in [2.24, 2.45) is 0 Å². The Labute approximate surface area is 84.4 Å². The van der Waals surface area contributed by atoms with Crippen molar-refractivity contribution in [2.75, 3.05) is 19.8 Å². The van der Waals surface area contributed by atoms with Crippen molar-refractivity contribution >= 4 is 15.7 Å². The van der Waals surface area contributed by atoms with Crippen LogP contribution in [0.3, 0.4) is 0 Å². The molecule has 0 fully saturated rings. The molecule has 14 heavy (non-hydrogen) atoms. The molecule has 0 spiro atoms. The molecule has 0 amide bonds. The third-order valence-electron chi connectivity index (χ3n) is 1.98. The Kier molecular flexibility index (Phi) is 2.82. The summed E-state index contributed by atoms with van der Waals surface area (Å²) >= 11 is 0. The number of hydrogen-bond donors (Lipinski definition) is 1. The normalized spacial score (nSPS) is 12.0. The van der Waals surface area contributed by atoms with Crippen LogP contribution in [0.25, 0.3) is 0 Å². The molecular formula is C9H14N2O2S. The molecule has 0 aliphatic carbocycles. The molecule has 4 nitrogen and oxygen atoms in total. The van der Waals surface area contributed by atoms with Crippen LogP contribution in [0.1, 0.15) is 5.56 Å². The van der Waals surface area contributed by atoms with E-state index in [-0.39, 0.29) is 4.90 Å². The Morgan fingerprint density at radius 3 is 2.29 bits per heavy atom. The minimum absolute atomic E-state index is 0.199. The summed E-state index contributed by atoms with van der Waals surface area (Å²) < 4.78 is 24.8. The van der Waals surface area contributed by atoms with Crippen LogP contribution in [0.5, 0.6) is 0 Å². The topological polar surface area (TPSA) is 63.4 Å². The van der Waals surface area contributed by atoms with E-state index in [9.17, 15) is 8.42 Å². The van der Waals surface area contributed by atoms with Crippen LogP contribution in [0.2, 0.25) is 0 Å². The average molecular weight is 214 g/mol. The highest BCUT2D eigenvalue weighted by Crippen LogP contribution is 2.24. The maximum absolute atomic E-state index is 11.8. The Morgan fingerprint density at radius 1 is 1.29 bits per heavy atom. The molecule has 0 saturated heterocycles. The molecule has 0 bridgehead atoms. The van der Waals surface area contributed by atoms with Gasteiger partial charge in [0.25, 0.3) is 0 Å². The van der Waals surface area contributed by atoms with Crippen molar-refractivity contribution in [2.45, 2.75) is 11.8 Å². The van der Waals surface area contributed by atoms with Gasteiger partial charge in [-0.15, -0.1) is 0 Å². The van der Waals surface area contributed by atoms with E-state index in [4.69, 9.17) is 5.73 Å². The molecule has 0 radical (unpaired) electrons. The summed E-state index contributed by atoms with van der Waals surface area (Å²) in [6.45, 7) is 1.73. The molecular weight excluding hydrogens is 200 g/mol. The van der Waals surface area contributed by atoms with Gasteiger partial charge in [0.15, 0.2) is 0 Å². The second-order valence-electron chi connectivity index (χ2n) is 3.28. The van der Waals surface area contributed by atoms with Gasteiger partial charge >= 0.3 is 0 Å². The number of hydrogen-bond acceptors (Lipinski definition) is 3. The van der Waals surface area contributed by atoms with Crippen molar-refractivity contribution in [3.63, 3.8) is 0 Å². The lowest BCUT2D eigenvalue weighted by Crippen LogP contribution is -2.24. The highest BCUT2D eigenvalue weighted by atomic mass is 32.2. The summed E-state index contributed by atoms with van der Waals surface area (Å²) in [4.78, 5) is 0.199. The van der Waals surface area contributed by atoms with Gasteiger partial charge in [-0.2, -0.15) is 0 Å². The molecule has 0 aromatic heterocycles. The molecule has 1 rings (SSSR count). The Balaban J connectivity index is 3.48. The number of nitrogens with zero attached hydrogens (tertiary/aromatic N) is 1. The molecule has 0 aliphatic rings. The lowest BCUT2D eigenvalue weighted by molar-refractivity contribution is 0.520. The van der Waals surface area contributed by atoms with Gasteiger partial charge in [-0.3, -0.25) is 0 Å². The molecule has 0 aliphatic heterocycles. The van der Waals surface area contributed by atoms with Crippen molar-refractivity contribution in [1.82, 2.24) is 4.31 Å². The van der Waals surface area contributed by atoms with E-state index in [0.717, 1.165) is 4.31 Å². The van der Waals surface area contributed by atoms with Crippen molar-refractivity contribution < 1.29 is 8.42 Å². The Hall–Kier alpha value is -1.07. The van der Waals surface area contributed by atoms with Gasteiger partial charge in [-0.25, -0.2) is 12.7 Å². The van der Waals surface area contributed by atoms with Crippen LogP contribution in [-0.4, -0.2) is 26.8 Å². The first-order valence-electron chi connectivity index (χ1n) is 4.15. The second-order valence-corrected chi connectivity index (χ2v) is 5.37. The van der Waals surface area contributed by atoms with Gasteiger partial charge in [-0.05, 0) is 18.6 Å². The van der Waals surface area contributed by atoms with Crippen LogP contribution in [0.4, 0.5) is 5.69 Å². The van der Waals surface area contributed by atoms with Crippen LogP contribution in [-0.2, 0) is 10.0 Å². The van der Waals surface area contributed by atoms with E-state index < -0.39 is 10.0 Å². The zero-order valence-electron chi connectivity index (χ0n) is 8.48. The fourth-order valence-electron chi connectivity index (χ4n) is 1.21.